The fraction of sp³-hybridized carbons (Fsp3) is 0.308. The highest BCUT2D eigenvalue weighted by Crippen LogP contribution is 2.27. The molecule has 2 aromatic rings. The van der Waals surface area contributed by atoms with Crippen LogP contribution < -0.4 is 4.74 Å². The first-order valence-electron chi connectivity index (χ1n) is 5.76. The molecule has 0 aliphatic heterocycles. The van der Waals surface area contributed by atoms with Gasteiger partial charge in [-0.25, -0.2) is 4.98 Å². The van der Waals surface area contributed by atoms with Crippen molar-refractivity contribution in [1.82, 2.24) is 4.98 Å². The van der Waals surface area contributed by atoms with E-state index in [1.165, 1.54) is 0 Å². The van der Waals surface area contributed by atoms with Gasteiger partial charge in [0.05, 0.1) is 28.2 Å². The molecule has 0 amide bonds. The predicted molar refractivity (Wildman–Crippen MR) is 81.9 cm³/mol. The number of halogens is 3. The number of nitrogens with zero attached hydrogens (tertiary/aromatic N) is 1. The average Bonchev–Trinajstić information content (AvgIpc) is 2.86. The van der Waals surface area contributed by atoms with E-state index in [0.717, 1.165) is 23.5 Å². The van der Waals surface area contributed by atoms with E-state index in [9.17, 15) is 0 Å². The third-order valence-corrected chi connectivity index (χ3v) is 4.20. The van der Waals surface area contributed by atoms with Crippen molar-refractivity contribution in [2.45, 2.75) is 18.7 Å². The minimum absolute atomic E-state index is 0.463. The van der Waals surface area contributed by atoms with Gasteiger partial charge in [-0.3, -0.25) is 0 Å². The number of benzene rings is 1. The summed E-state index contributed by atoms with van der Waals surface area (Å²) in [6, 6.07) is 5.19. The van der Waals surface area contributed by atoms with Gasteiger partial charge in [-0.05, 0) is 18.6 Å². The van der Waals surface area contributed by atoms with Crippen molar-refractivity contribution in [3.63, 3.8) is 0 Å². The van der Waals surface area contributed by atoms with Crippen LogP contribution in [0.4, 0.5) is 0 Å². The van der Waals surface area contributed by atoms with Crippen molar-refractivity contribution < 1.29 is 4.74 Å². The van der Waals surface area contributed by atoms with Gasteiger partial charge >= 0.3 is 0 Å². The fourth-order valence-corrected chi connectivity index (χ4v) is 2.92. The molecule has 0 bridgehead atoms. The molecule has 19 heavy (non-hydrogen) atoms. The lowest BCUT2D eigenvalue weighted by Gasteiger charge is -2.07. The van der Waals surface area contributed by atoms with Crippen LogP contribution in [0.2, 0.25) is 10.0 Å². The predicted octanol–water partition coefficient (Wildman–Crippen LogP) is 5.20. The molecule has 2 nitrogen and oxygen atoms in total. The Kier molecular flexibility index (Phi) is 5.76. The van der Waals surface area contributed by atoms with Gasteiger partial charge in [0, 0.05) is 22.9 Å². The van der Waals surface area contributed by atoms with Crippen molar-refractivity contribution in [1.29, 1.82) is 0 Å². The van der Waals surface area contributed by atoms with Gasteiger partial charge in [0.1, 0.15) is 5.75 Å². The first-order valence-corrected chi connectivity index (χ1v) is 7.93. The van der Waals surface area contributed by atoms with Crippen molar-refractivity contribution in [2.24, 2.45) is 0 Å². The first-order chi connectivity index (χ1) is 9.19. The number of hydrogen-bond donors (Lipinski definition) is 0. The van der Waals surface area contributed by atoms with Crippen LogP contribution in [0.3, 0.4) is 0 Å². The first kappa shape index (κ1) is 14.9. The number of hydrogen-bond acceptors (Lipinski definition) is 3. The topological polar surface area (TPSA) is 22.1 Å². The van der Waals surface area contributed by atoms with E-state index >= 15 is 0 Å². The molecular formula is C13H12Cl3NOS. The Morgan fingerprint density at radius 3 is 2.84 bits per heavy atom. The third kappa shape index (κ3) is 4.53. The molecule has 0 spiro atoms. The summed E-state index contributed by atoms with van der Waals surface area (Å²) in [5.74, 6) is 1.08. The van der Waals surface area contributed by atoms with E-state index in [0.29, 0.717) is 28.3 Å². The van der Waals surface area contributed by atoms with Gasteiger partial charge in [-0.15, -0.1) is 22.9 Å². The standard InChI is InChI=1S/C13H12Cl3NOS/c14-7-10-8-19-13(17-10)2-1-5-18-12-6-9(15)3-4-11(12)16/h3-4,6,8H,1-2,5,7H2. The summed E-state index contributed by atoms with van der Waals surface area (Å²) in [4.78, 5) is 4.39. The van der Waals surface area contributed by atoms with Crippen LogP contribution in [-0.2, 0) is 12.3 Å². The Morgan fingerprint density at radius 2 is 2.11 bits per heavy atom. The smallest absolute Gasteiger partial charge is 0.139 e. The number of rotatable bonds is 6. The quantitative estimate of drug-likeness (QED) is 0.534. The number of aryl methyl sites for hydroxylation is 1. The van der Waals surface area contributed by atoms with E-state index < -0.39 is 0 Å². The van der Waals surface area contributed by atoms with Crippen LogP contribution >= 0.6 is 46.1 Å². The largest absolute Gasteiger partial charge is 0.492 e. The van der Waals surface area contributed by atoms with Crippen LogP contribution in [0.5, 0.6) is 5.75 Å². The Balaban J connectivity index is 1.79. The van der Waals surface area contributed by atoms with Gasteiger partial charge in [-0.1, -0.05) is 23.2 Å². The number of aromatic nitrogens is 1. The monoisotopic (exact) mass is 335 g/mol. The molecule has 0 N–H and O–H groups in total. The van der Waals surface area contributed by atoms with Gasteiger partial charge in [0.2, 0.25) is 0 Å². The highest BCUT2D eigenvalue weighted by Gasteiger charge is 2.04. The maximum absolute atomic E-state index is 6.01. The minimum Gasteiger partial charge on any atom is -0.492 e. The van der Waals surface area contributed by atoms with Crippen molar-refractivity contribution in [3.8, 4) is 5.75 Å². The maximum Gasteiger partial charge on any atom is 0.139 e. The van der Waals surface area contributed by atoms with Crippen LogP contribution in [0.1, 0.15) is 17.1 Å². The zero-order valence-electron chi connectivity index (χ0n) is 10.0. The van der Waals surface area contributed by atoms with Gasteiger partial charge in [-0.2, -0.15) is 0 Å². The third-order valence-electron chi connectivity index (χ3n) is 2.42. The number of thiazole rings is 1. The van der Waals surface area contributed by atoms with Crippen molar-refractivity contribution in [2.75, 3.05) is 6.61 Å². The number of alkyl halides is 1. The summed E-state index contributed by atoms with van der Waals surface area (Å²) in [5.41, 5.74) is 0.931. The molecule has 0 saturated heterocycles. The maximum atomic E-state index is 6.01. The second-order valence-electron chi connectivity index (χ2n) is 3.89. The molecule has 0 aliphatic carbocycles. The van der Waals surface area contributed by atoms with Crippen LogP contribution in [0.25, 0.3) is 0 Å². The highest BCUT2D eigenvalue weighted by molar-refractivity contribution is 7.09. The normalized spacial score (nSPS) is 10.7. The fourth-order valence-electron chi connectivity index (χ4n) is 1.52. The second kappa shape index (κ2) is 7.34. The van der Waals surface area contributed by atoms with E-state index in [1.54, 1.807) is 29.5 Å². The summed E-state index contributed by atoms with van der Waals surface area (Å²) in [7, 11) is 0. The second-order valence-corrected chi connectivity index (χ2v) is 5.95. The summed E-state index contributed by atoms with van der Waals surface area (Å²) in [6.07, 6.45) is 1.75. The van der Waals surface area contributed by atoms with Gasteiger partial charge < -0.3 is 4.74 Å². The molecule has 0 fully saturated rings. The van der Waals surface area contributed by atoms with Crippen molar-refractivity contribution in [3.05, 3.63) is 44.3 Å². The Hall–Kier alpha value is -0.480. The van der Waals surface area contributed by atoms with Crippen molar-refractivity contribution >= 4 is 46.1 Å². The molecule has 0 unspecified atom stereocenters. The van der Waals surface area contributed by atoms with Gasteiger partial charge in [0.15, 0.2) is 0 Å². The number of ether oxygens (including phenoxy) is 1. The summed E-state index contributed by atoms with van der Waals surface area (Å²) < 4.78 is 5.61. The molecular weight excluding hydrogens is 325 g/mol. The van der Waals surface area contributed by atoms with E-state index in [-0.39, 0.29) is 0 Å². The molecule has 1 aromatic carbocycles. The van der Waals surface area contributed by atoms with Crippen LogP contribution in [-0.4, -0.2) is 11.6 Å². The molecule has 102 valence electrons. The summed E-state index contributed by atoms with van der Waals surface area (Å²) in [6.45, 7) is 0.579. The zero-order chi connectivity index (χ0) is 13.7. The SMILES string of the molecule is ClCc1csc(CCCOc2cc(Cl)ccc2Cl)n1. The molecule has 6 heteroatoms. The lowest BCUT2D eigenvalue weighted by molar-refractivity contribution is 0.311. The van der Waals surface area contributed by atoms with Gasteiger partial charge in [0.25, 0.3) is 0 Å². The zero-order valence-corrected chi connectivity index (χ0v) is 13.1. The minimum atomic E-state index is 0.463. The molecule has 1 aromatic heterocycles. The lowest BCUT2D eigenvalue weighted by atomic mass is 10.3. The molecule has 0 saturated carbocycles. The Bertz CT molecular complexity index is 544. The molecule has 2 rings (SSSR count). The molecule has 0 radical (unpaired) electrons. The van der Waals surface area contributed by atoms with Crippen LogP contribution in [0.15, 0.2) is 23.6 Å². The Labute approximate surface area is 131 Å². The summed E-state index contributed by atoms with van der Waals surface area (Å²) >= 11 is 19.2. The van der Waals surface area contributed by atoms with E-state index in [4.69, 9.17) is 39.5 Å². The molecule has 0 atom stereocenters. The molecule has 1 heterocycles. The molecule has 0 aliphatic rings. The lowest BCUT2D eigenvalue weighted by Crippen LogP contribution is -2.00. The summed E-state index contributed by atoms with van der Waals surface area (Å²) in [5, 5.41) is 4.25. The average molecular weight is 337 g/mol. The van der Waals surface area contributed by atoms with E-state index in [2.05, 4.69) is 4.98 Å². The Morgan fingerprint density at radius 1 is 1.26 bits per heavy atom. The van der Waals surface area contributed by atoms with Crippen LogP contribution in [0, 0.1) is 0 Å². The highest BCUT2D eigenvalue weighted by atomic mass is 35.5. The van der Waals surface area contributed by atoms with E-state index in [1.807, 2.05) is 5.38 Å².